The van der Waals surface area contributed by atoms with Crippen molar-refractivity contribution in [2.45, 2.75) is 30.6 Å². The van der Waals surface area contributed by atoms with Crippen LogP contribution < -0.4 is 0 Å². The summed E-state index contributed by atoms with van der Waals surface area (Å²) in [5.74, 6) is 0. The summed E-state index contributed by atoms with van der Waals surface area (Å²) < 4.78 is 2.39. The van der Waals surface area contributed by atoms with Crippen LogP contribution in [0.1, 0.15) is 25.8 Å². The minimum atomic E-state index is 0.380. The fraction of sp³-hybridized carbons (Fsp3) is 0.600. The Morgan fingerprint density at radius 2 is 1.83 bits per heavy atom. The van der Waals surface area contributed by atoms with Crippen LogP contribution in [0.2, 0.25) is 0 Å². The van der Waals surface area contributed by atoms with Gasteiger partial charge in [0.05, 0.1) is 0 Å². The van der Waals surface area contributed by atoms with Gasteiger partial charge in [-0.05, 0) is 50.6 Å². The van der Waals surface area contributed by atoms with Crippen LogP contribution >= 0.6 is 11.9 Å². The molecule has 0 saturated carbocycles. The Morgan fingerprint density at radius 1 is 1.11 bits per heavy atom. The lowest BCUT2D eigenvalue weighted by molar-refractivity contribution is 0.316. The first-order chi connectivity index (χ1) is 8.70. The Balaban J connectivity index is 0.000000574. The average molecular weight is 264 g/mol. The van der Waals surface area contributed by atoms with E-state index in [1.165, 1.54) is 31.0 Å². The molecule has 0 amide bonds. The molecule has 2 aliphatic rings. The number of likely N-dealkylation sites (tertiary alicyclic amines) is 1. The lowest BCUT2D eigenvalue weighted by atomic mass is 9.79. The third kappa shape index (κ3) is 2.44. The minimum Gasteiger partial charge on any atom is -0.305 e. The fourth-order valence-corrected chi connectivity index (χ4v) is 4.29. The first-order valence-corrected chi connectivity index (χ1v) is 7.64. The number of nitrogens with zero attached hydrogens (tertiary/aromatic N) is 2. The second kappa shape index (κ2) is 5.64. The molecule has 1 atom stereocenters. The van der Waals surface area contributed by atoms with Crippen molar-refractivity contribution in [2.75, 3.05) is 33.7 Å². The van der Waals surface area contributed by atoms with E-state index in [0.29, 0.717) is 5.41 Å². The minimum absolute atomic E-state index is 0.380. The number of rotatable bonds is 0. The lowest BCUT2D eigenvalue weighted by Gasteiger charge is -2.39. The zero-order valence-corrected chi connectivity index (χ0v) is 12.8. The molecule has 0 bridgehead atoms. The highest BCUT2D eigenvalue weighted by Gasteiger charge is 2.43. The number of fused-ring (bicyclic) bond motifs is 2. The molecule has 100 valence electrons. The molecule has 3 heteroatoms. The van der Waals surface area contributed by atoms with Gasteiger partial charge in [-0.2, -0.15) is 0 Å². The predicted octanol–water partition coefficient (Wildman–Crippen LogP) is 3.24. The molecule has 2 aliphatic heterocycles. The molecule has 0 aromatic heterocycles. The van der Waals surface area contributed by atoms with Gasteiger partial charge in [-0.25, -0.2) is 4.31 Å². The zero-order chi connectivity index (χ0) is 13.2. The van der Waals surface area contributed by atoms with Gasteiger partial charge in [0.25, 0.3) is 0 Å². The normalized spacial score (nSPS) is 27.8. The molecule has 0 N–H and O–H groups in total. The third-order valence-corrected chi connectivity index (χ3v) is 4.78. The highest BCUT2D eigenvalue weighted by molar-refractivity contribution is 7.97. The van der Waals surface area contributed by atoms with Crippen LogP contribution in [0.4, 0.5) is 0 Å². The van der Waals surface area contributed by atoms with Gasteiger partial charge in [0, 0.05) is 23.4 Å². The first kappa shape index (κ1) is 13.9. The lowest BCUT2D eigenvalue weighted by Crippen LogP contribution is -2.42. The molecule has 1 fully saturated rings. The standard InChI is InChI=1S/C13H18N2S.C2H6/c1-14-8-7-13(9-14)10-15(2)16-12-6-4-3-5-11(12)13;1-2/h3-6H,7-10H2,1-2H3;1-2H3. The van der Waals surface area contributed by atoms with E-state index < -0.39 is 0 Å². The Kier molecular flexibility index (Phi) is 4.36. The van der Waals surface area contributed by atoms with E-state index in [1.54, 1.807) is 5.56 Å². The maximum absolute atomic E-state index is 2.46. The van der Waals surface area contributed by atoms with Crippen molar-refractivity contribution in [3.63, 3.8) is 0 Å². The highest BCUT2D eigenvalue weighted by atomic mass is 32.2. The summed E-state index contributed by atoms with van der Waals surface area (Å²) in [4.78, 5) is 3.91. The summed E-state index contributed by atoms with van der Waals surface area (Å²) in [6, 6.07) is 8.92. The van der Waals surface area contributed by atoms with E-state index in [2.05, 4.69) is 47.6 Å². The molecule has 1 unspecified atom stereocenters. The molecule has 1 aromatic carbocycles. The molecule has 0 radical (unpaired) electrons. The SMILES string of the molecule is CC.CN1CCC2(C1)CN(C)Sc1ccccc12. The molecule has 18 heavy (non-hydrogen) atoms. The van der Waals surface area contributed by atoms with Gasteiger partial charge in [0.2, 0.25) is 0 Å². The van der Waals surface area contributed by atoms with E-state index >= 15 is 0 Å². The number of benzene rings is 1. The van der Waals surface area contributed by atoms with Crippen molar-refractivity contribution < 1.29 is 0 Å². The molecule has 1 saturated heterocycles. The van der Waals surface area contributed by atoms with Crippen molar-refractivity contribution in [2.24, 2.45) is 0 Å². The number of hydrogen-bond acceptors (Lipinski definition) is 3. The van der Waals surface area contributed by atoms with E-state index in [9.17, 15) is 0 Å². The van der Waals surface area contributed by atoms with Crippen LogP contribution in [0.15, 0.2) is 29.2 Å². The number of likely N-dealkylation sites (N-methyl/N-ethyl adjacent to an activating group) is 2. The van der Waals surface area contributed by atoms with Crippen LogP contribution in [0.25, 0.3) is 0 Å². The van der Waals surface area contributed by atoms with Crippen molar-refractivity contribution >= 4 is 11.9 Å². The van der Waals surface area contributed by atoms with Crippen molar-refractivity contribution in [1.29, 1.82) is 0 Å². The van der Waals surface area contributed by atoms with Gasteiger partial charge in [-0.1, -0.05) is 32.0 Å². The highest BCUT2D eigenvalue weighted by Crippen LogP contribution is 2.45. The fourth-order valence-electron chi connectivity index (χ4n) is 3.12. The maximum Gasteiger partial charge on any atom is 0.0268 e. The van der Waals surface area contributed by atoms with Crippen molar-refractivity contribution in [3.8, 4) is 0 Å². The van der Waals surface area contributed by atoms with E-state index in [1.807, 2.05) is 25.8 Å². The monoisotopic (exact) mass is 264 g/mol. The van der Waals surface area contributed by atoms with Crippen LogP contribution in [0.3, 0.4) is 0 Å². The summed E-state index contributed by atoms with van der Waals surface area (Å²) in [6.07, 6.45) is 1.30. The second-order valence-corrected chi connectivity index (χ2v) is 6.39. The average Bonchev–Trinajstić information content (AvgIpc) is 2.73. The zero-order valence-electron chi connectivity index (χ0n) is 11.9. The van der Waals surface area contributed by atoms with E-state index in [-0.39, 0.29) is 0 Å². The molecule has 1 aromatic rings. The smallest absolute Gasteiger partial charge is 0.0268 e. The van der Waals surface area contributed by atoms with Gasteiger partial charge in [-0.3, -0.25) is 0 Å². The van der Waals surface area contributed by atoms with E-state index in [0.717, 1.165) is 0 Å². The van der Waals surface area contributed by atoms with Gasteiger partial charge >= 0.3 is 0 Å². The van der Waals surface area contributed by atoms with Crippen molar-refractivity contribution in [1.82, 2.24) is 9.21 Å². The van der Waals surface area contributed by atoms with E-state index in [4.69, 9.17) is 0 Å². The van der Waals surface area contributed by atoms with Gasteiger partial charge < -0.3 is 4.90 Å². The van der Waals surface area contributed by atoms with Crippen LogP contribution in [0.5, 0.6) is 0 Å². The van der Waals surface area contributed by atoms with Crippen LogP contribution in [-0.2, 0) is 5.41 Å². The molecule has 2 heterocycles. The molecular formula is C15H24N2S. The first-order valence-electron chi connectivity index (χ1n) is 6.87. The number of hydrogen-bond donors (Lipinski definition) is 0. The molecule has 3 rings (SSSR count). The largest absolute Gasteiger partial charge is 0.305 e. The Bertz CT molecular complexity index is 407. The topological polar surface area (TPSA) is 6.48 Å². The van der Waals surface area contributed by atoms with Gasteiger partial charge in [-0.15, -0.1) is 0 Å². The Hall–Kier alpha value is -0.510. The van der Waals surface area contributed by atoms with Crippen LogP contribution in [-0.4, -0.2) is 42.9 Å². The Labute approximate surface area is 115 Å². The quantitative estimate of drug-likeness (QED) is 0.664. The second-order valence-electron chi connectivity index (χ2n) is 5.14. The van der Waals surface area contributed by atoms with Gasteiger partial charge in [0.1, 0.15) is 0 Å². The van der Waals surface area contributed by atoms with Crippen molar-refractivity contribution in [3.05, 3.63) is 29.8 Å². The van der Waals surface area contributed by atoms with Gasteiger partial charge in [0.15, 0.2) is 0 Å². The Morgan fingerprint density at radius 3 is 2.50 bits per heavy atom. The molecular weight excluding hydrogens is 240 g/mol. The molecule has 1 spiro atoms. The molecule has 2 nitrogen and oxygen atoms in total. The summed E-state index contributed by atoms with van der Waals surface area (Å²) in [7, 11) is 4.44. The maximum atomic E-state index is 2.46. The molecule has 0 aliphatic carbocycles. The summed E-state index contributed by atoms with van der Waals surface area (Å²) in [5.41, 5.74) is 1.95. The summed E-state index contributed by atoms with van der Waals surface area (Å²) in [5, 5.41) is 0. The predicted molar refractivity (Wildman–Crippen MR) is 80.1 cm³/mol. The summed E-state index contributed by atoms with van der Waals surface area (Å²) >= 11 is 1.89. The summed E-state index contributed by atoms with van der Waals surface area (Å²) in [6.45, 7) is 7.61. The third-order valence-electron chi connectivity index (χ3n) is 3.78. The van der Waals surface area contributed by atoms with Crippen LogP contribution in [0, 0.1) is 0 Å².